The lowest BCUT2D eigenvalue weighted by molar-refractivity contribution is -0.0953. The minimum absolute atomic E-state index is 0.306. The Hall–Kier alpha value is -0.0800. The highest BCUT2D eigenvalue weighted by atomic mass is 16.5. The van der Waals surface area contributed by atoms with Gasteiger partial charge in [-0.25, -0.2) is 0 Å². The largest absolute Gasteiger partial charge is 0.375 e. The highest BCUT2D eigenvalue weighted by Crippen LogP contribution is 2.43. The van der Waals surface area contributed by atoms with Gasteiger partial charge in [-0.1, -0.05) is 26.7 Å². The van der Waals surface area contributed by atoms with Crippen molar-refractivity contribution >= 4 is 0 Å². The van der Waals surface area contributed by atoms with Crippen molar-refractivity contribution in [1.82, 2.24) is 5.32 Å². The number of nitrogens with one attached hydrogen (secondary N) is 1. The number of ether oxygens (including phenoxy) is 1. The monoisotopic (exact) mass is 239 g/mol. The van der Waals surface area contributed by atoms with E-state index >= 15 is 0 Å². The van der Waals surface area contributed by atoms with Crippen LogP contribution in [0, 0.1) is 11.8 Å². The van der Waals surface area contributed by atoms with Crippen LogP contribution in [0.25, 0.3) is 0 Å². The molecular weight excluding hydrogens is 210 g/mol. The van der Waals surface area contributed by atoms with Crippen molar-refractivity contribution in [1.29, 1.82) is 0 Å². The number of hydrogen-bond donors (Lipinski definition) is 1. The lowest BCUT2D eigenvalue weighted by Crippen LogP contribution is -2.38. The van der Waals surface area contributed by atoms with Crippen LogP contribution in [0.5, 0.6) is 0 Å². The van der Waals surface area contributed by atoms with Crippen LogP contribution in [0.4, 0.5) is 0 Å². The van der Waals surface area contributed by atoms with Crippen LogP contribution in [-0.4, -0.2) is 25.3 Å². The highest BCUT2D eigenvalue weighted by molar-refractivity contribution is 4.91. The van der Waals surface area contributed by atoms with Crippen LogP contribution in [0.3, 0.4) is 0 Å². The smallest absolute Gasteiger partial charge is 0.0685 e. The van der Waals surface area contributed by atoms with Crippen LogP contribution in [0.2, 0.25) is 0 Å². The molecule has 1 aliphatic heterocycles. The zero-order valence-corrected chi connectivity index (χ0v) is 11.6. The van der Waals surface area contributed by atoms with E-state index in [1.165, 1.54) is 51.5 Å². The standard InChI is InChI=1S/C15H29NO/c1-3-16-12-13(2)10-14-6-9-17-15(11-14)7-4-5-8-15/h13-14,16H,3-12H2,1-2H3. The van der Waals surface area contributed by atoms with E-state index in [9.17, 15) is 0 Å². The molecule has 100 valence electrons. The molecule has 1 saturated heterocycles. The first-order valence-corrected chi connectivity index (χ1v) is 7.59. The fourth-order valence-corrected chi connectivity index (χ4v) is 3.74. The minimum atomic E-state index is 0.306. The summed E-state index contributed by atoms with van der Waals surface area (Å²) < 4.78 is 6.10. The first kappa shape index (κ1) is 13.4. The maximum absolute atomic E-state index is 6.10. The van der Waals surface area contributed by atoms with Gasteiger partial charge in [-0.2, -0.15) is 0 Å². The molecular formula is C15H29NO. The Kier molecular flexibility index (Phi) is 4.87. The Morgan fingerprint density at radius 1 is 1.35 bits per heavy atom. The normalized spacial score (nSPS) is 29.6. The lowest BCUT2D eigenvalue weighted by atomic mass is 9.80. The third-order valence-electron chi connectivity index (χ3n) is 4.59. The van der Waals surface area contributed by atoms with Gasteiger partial charge in [0, 0.05) is 6.61 Å². The molecule has 1 heterocycles. The minimum Gasteiger partial charge on any atom is -0.375 e. The van der Waals surface area contributed by atoms with Gasteiger partial charge in [-0.05, 0) is 57.0 Å². The summed E-state index contributed by atoms with van der Waals surface area (Å²) in [6.07, 6.45) is 9.44. The lowest BCUT2D eigenvalue weighted by Gasteiger charge is -2.39. The molecule has 0 aromatic rings. The zero-order valence-electron chi connectivity index (χ0n) is 11.6. The fraction of sp³-hybridized carbons (Fsp3) is 1.00. The maximum Gasteiger partial charge on any atom is 0.0685 e. The van der Waals surface area contributed by atoms with Crippen molar-refractivity contribution < 1.29 is 4.74 Å². The average molecular weight is 239 g/mol. The molecule has 2 atom stereocenters. The van der Waals surface area contributed by atoms with Gasteiger partial charge in [0.05, 0.1) is 5.60 Å². The van der Waals surface area contributed by atoms with Crippen molar-refractivity contribution in [2.75, 3.05) is 19.7 Å². The molecule has 1 N–H and O–H groups in total. The second-order valence-corrected chi connectivity index (χ2v) is 6.25. The second-order valence-electron chi connectivity index (χ2n) is 6.25. The molecule has 1 spiro atoms. The molecule has 1 saturated carbocycles. The summed E-state index contributed by atoms with van der Waals surface area (Å²) in [6, 6.07) is 0. The van der Waals surface area contributed by atoms with E-state index in [2.05, 4.69) is 19.2 Å². The van der Waals surface area contributed by atoms with Crippen molar-refractivity contribution in [3.8, 4) is 0 Å². The third-order valence-corrected chi connectivity index (χ3v) is 4.59. The highest BCUT2D eigenvalue weighted by Gasteiger charge is 2.39. The summed E-state index contributed by atoms with van der Waals surface area (Å²) in [5, 5.41) is 3.47. The van der Waals surface area contributed by atoms with E-state index in [-0.39, 0.29) is 0 Å². The van der Waals surface area contributed by atoms with Crippen molar-refractivity contribution in [3.05, 3.63) is 0 Å². The topological polar surface area (TPSA) is 21.3 Å². The second kappa shape index (κ2) is 6.19. The van der Waals surface area contributed by atoms with Gasteiger partial charge in [0.25, 0.3) is 0 Å². The molecule has 17 heavy (non-hydrogen) atoms. The predicted molar refractivity (Wildman–Crippen MR) is 72.2 cm³/mol. The van der Waals surface area contributed by atoms with E-state index < -0.39 is 0 Å². The van der Waals surface area contributed by atoms with Crippen LogP contribution >= 0.6 is 0 Å². The zero-order chi connectivity index (χ0) is 12.1. The molecule has 0 bridgehead atoms. The maximum atomic E-state index is 6.10. The third kappa shape index (κ3) is 3.69. The Labute approximate surface area is 107 Å². The van der Waals surface area contributed by atoms with Crippen molar-refractivity contribution in [2.45, 2.75) is 64.4 Å². The van der Waals surface area contributed by atoms with Crippen LogP contribution in [0.15, 0.2) is 0 Å². The van der Waals surface area contributed by atoms with Gasteiger partial charge in [-0.15, -0.1) is 0 Å². The van der Waals surface area contributed by atoms with Gasteiger partial charge in [0.2, 0.25) is 0 Å². The van der Waals surface area contributed by atoms with E-state index in [1.807, 2.05) is 0 Å². The van der Waals surface area contributed by atoms with E-state index in [0.29, 0.717) is 5.60 Å². The number of rotatable bonds is 5. The molecule has 2 aliphatic rings. The van der Waals surface area contributed by atoms with Gasteiger partial charge in [0.15, 0.2) is 0 Å². The molecule has 2 unspecified atom stereocenters. The van der Waals surface area contributed by atoms with Crippen LogP contribution in [0.1, 0.15) is 58.8 Å². The average Bonchev–Trinajstić information content (AvgIpc) is 2.74. The van der Waals surface area contributed by atoms with Gasteiger partial charge < -0.3 is 10.1 Å². The molecule has 2 heteroatoms. The van der Waals surface area contributed by atoms with Gasteiger partial charge >= 0.3 is 0 Å². The summed E-state index contributed by atoms with van der Waals surface area (Å²) in [5.41, 5.74) is 0.306. The molecule has 2 nitrogen and oxygen atoms in total. The van der Waals surface area contributed by atoms with Crippen molar-refractivity contribution in [2.24, 2.45) is 11.8 Å². The van der Waals surface area contributed by atoms with E-state index in [4.69, 9.17) is 4.74 Å². The first-order valence-electron chi connectivity index (χ1n) is 7.59. The summed E-state index contributed by atoms with van der Waals surface area (Å²) in [5.74, 6) is 1.73. The van der Waals surface area contributed by atoms with E-state index in [1.54, 1.807) is 0 Å². The Morgan fingerprint density at radius 2 is 2.12 bits per heavy atom. The molecule has 2 rings (SSSR count). The molecule has 0 amide bonds. The molecule has 1 aliphatic carbocycles. The fourth-order valence-electron chi connectivity index (χ4n) is 3.74. The quantitative estimate of drug-likeness (QED) is 0.794. The summed E-state index contributed by atoms with van der Waals surface area (Å²) in [6.45, 7) is 7.87. The molecule has 2 fully saturated rings. The first-order chi connectivity index (χ1) is 8.24. The summed E-state index contributed by atoms with van der Waals surface area (Å²) >= 11 is 0. The van der Waals surface area contributed by atoms with Crippen molar-refractivity contribution in [3.63, 3.8) is 0 Å². The Balaban J connectivity index is 1.77. The van der Waals surface area contributed by atoms with Gasteiger partial charge in [-0.3, -0.25) is 0 Å². The van der Waals surface area contributed by atoms with Crippen LogP contribution < -0.4 is 5.32 Å². The predicted octanol–water partition coefficient (Wildman–Crippen LogP) is 3.36. The Bertz CT molecular complexity index is 223. The molecule has 0 radical (unpaired) electrons. The molecule has 0 aromatic heterocycles. The number of hydrogen-bond acceptors (Lipinski definition) is 2. The van der Waals surface area contributed by atoms with Crippen LogP contribution in [-0.2, 0) is 4.74 Å². The molecule has 0 aromatic carbocycles. The van der Waals surface area contributed by atoms with Gasteiger partial charge in [0.1, 0.15) is 0 Å². The summed E-state index contributed by atoms with van der Waals surface area (Å²) in [4.78, 5) is 0. The SMILES string of the molecule is CCNCC(C)CC1CCOC2(CCCC2)C1. The van der Waals surface area contributed by atoms with E-state index in [0.717, 1.165) is 25.0 Å². The summed E-state index contributed by atoms with van der Waals surface area (Å²) in [7, 11) is 0. The Morgan fingerprint density at radius 3 is 2.82 bits per heavy atom.